The van der Waals surface area contributed by atoms with E-state index in [0.717, 1.165) is 0 Å². The van der Waals surface area contributed by atoms with E-state index in [1.54, 1.807) is 48.5 Å². The Morgan fingerprint density at radius 3 is 2.27 bits per heavy atom. The number of amides is 1. The third kappa shape index (κ3) is 4.18. The number of rotatable bonds is 5. The van der Waals surface area contributed by atoms with E-state index in [-0.39, 0.29) is 27.8 Å². The summed E-state index contributed by atoms with van der Waals surface area (Å²) in [6.45, 7) is 1.47. The number of hydrogen-bond acceptors (Lipinski definition) is 7. The van der Waals surface area contributed by atoms with Crippen LogP contribution < -0.4 is 21.3 Å². The fourth-order valence-electron chi connectivity index (χ4n) is 3.47. The van der Waals surface area contributed by atoms with Crippen LogP contribution in [0.2, 0.25) is 0 Å². The highest BCUT2D eigenvalue weighted by molar-refractivity contribution is 6.06. The molecule has 0 saturated carbocycles. The fraction of sp³-hybridized carbons (Fsp3) is 0.0417. The molecular formula is C24H19N4O5-. The lowest BCUT2D eigenvalue weighted by Gasteiger charge is -2.20. The molecule has 0 aliphatic rings. The van der Waals surface area contributed by atoms with Crippen molar-refractivity contribution in [3.8, 4) is 11.4 Å². The van der Waals surface area contributed by atoms with Crippen molar-refractivity contribution in [1.82, 2.24) is 9.99 Å². The maximum Gasteiger partial charge on any atom is 0.271 e. The summed E-state index contributed by atoms with van der Waals surface area (Å²) in [5.74, 6) is -1.08. The van der Waals surface area contributed by atoms with E-state index >= 15 is 0 Å². The number of hydrogen-bond donors (Lipinski definition) is 3. The molecule has 166 valence electrons. The summed E-state index contributed by atoms with van der Waals surface area (Å²) in [5, 5.41) is 35.4. The highest BCUT2D eigenvalue weighted by Crippen LogP contribution is 2.26. The molecule has 0 spiro atoms. The molecule has 0 aliphatic carbocycles. The van der Waals surface area contributed by atoms with Gasteiger partial charge >= 0.3 is 0 Å². The SMILES string of the molecule is CC(=NNC(=O)c1ccc(N(O)O)cc1)c1c([O-])c2ccccc2n(-c2ccccc2)c1=O. The summed E-state index contributed by atoms with van der Waals surface area (Å²) in [4.78, 5) is 25.8. The Kier molecular flexibility index (Phi) is 5.90. The molecule has 33 heavy (non-hydrogen) atoms. The monoisotopic (exact) mass is 443 g/mol. The van der Waals surface area contributed by atoms with Gasteiger partial charge < -0.3 is 5.11 Å². The second kappa shape index (κ2) is 8.95. The Morgan fingerprint density at radius 2 is 1.61 bits per heavy atom. The van der Waals surface area contributed by atoms with Crippen LogP contribution in [0.1, 0.15) is 22.8 Å². The maximum atomic E-state index is 13.4. The van der Waals surface area contributed by atoms with Crippen LogP contribution in [-0.4, -0.2) is 26.6 Å². The van der Waals surface area contributed by atoms with Crippen LogP contribution in [-0.2, 0) is 0 Å². The van der Waals surface area contributed by atoms with E-state index in [9.17, 15) is 14.7 Å². The lowest BCUT2D eigenvalue weighted by molar-refractivity contribution is -0.266. The summed E-state index contributed by atoms with van der Waals surface area (Å²) in [6.07, 6.45) is 0. The highest BCUT2D eigenvalue weighted by atomic mass is 16.8. The average molecular weight is 443 g/mol. The van der Waals surface area contributed by atoms with Crippen LogP contribution in [0.5, 0.6) is 5.75 Å². The van der Waals surface area contributed by atoms with Crippen molar-refractivity contribution in [2.75, 3.05) is 5.23 Å². The molecule has 3 aromatic carbocycles. The Bertz CT molecular complexity index is 1410. The van der Waals surface area contributed by atoms with Gasteiger partial charge in [0, 0.05) is 11.3 Å². The molecule has 0 unspecified atom stereocenters. The zero-order valence-corrected chi connectivity index (χ0v) is 17.5. The summed E-state index contributed by atoms with van der Waals surface area (Å²) in [5.41, 5.74) is 3.03. The first kappa shape index (κ1) is 21.8. The zero-order chi connectivity index (χ0) is 23.5. The van der Waals surface area contributed by atoms with E-state index < -0.39 is 17.2 Å². The molecule has 9 nitrogen and oxygen atoms in total. The highest BCUT2D eigenvalue weighted by Gasteiger charge is 2.15. The van der Waals surface area contributed by atoms with E-state index in [4.69, 9.17) is 10.4 Å². The van der Waals surface area contributed by atoms with Crippen molar-refractivity contribution < 1.29 is 20.3 Å². The Hall–Kier alpha value is -4.47. The molecule has 1 aromatic heterocycles. The van der Waals surface area contributed by atoms with Gasteiger partial charge in [-0.1, -0.05) is 42.1 Å². The molecule has 1 heterocycles. The third-order valence-electron chi connectivity index (χ3n) is 5.10. The Labute approximate surface area is 188 Å². The molecule has 1 amide bonds. The third-order valence-corrected chi connectivity index (χ3v) is 5.10. The Morgan fingerprint density at radius 1 is 0.970 bits per heavy atom. The minimum absolute atomic E-state index is 0.0577. The van der Waals surface area contributed by atoms with Gasteiger partial charge in [0.15, 0.2) is 0 Å². The lowest BCUT2D eigenvalue weighted by atomic mass is 10.1. The predicted molar refractivity (Wildman–Crippen MR) is 121 cm³/mol. The van der Waals surface area contributed by atoms with Crippen molar-refractivity contribution in [3.05, 3.63) is 100 Å². The zero-order valence-electron chi connectivity index (χ0n) is 17.5. The van der Waals surface area contributed by atoms with Gasteiger partial charge in [0.2, 0.25) is 0 Å². The number of hydrazone groups is 1. The maximum absolute atomic E-state index is 13.4. The van der Waals surface area contributed by atoms with E-state index in [1.807, 2.05) is 6.07 Å². The van der Waals surface area contributed by atoms with E-state index in [1.165, 1.54) is 35.8 Å². The van der Waals surface area contributed by atoms with Crippen LogP contribution in [0.15, 0.2) is 88.8 Å². The van der Waals surface area contributed by atoms with Crippen molar-refractivity contribution in [2.24, 2.45) is 5.10 Å². The van der Waals surface area contributed by atoms with Gasteiger partial charge in [-0.3, -0.25) is 24.6 Å². The molecular weight excluding hydrogens is 424 g/mol. The van der Waals surface area contributed by atoms with Crippen molar-refractivity contribution in [1.29, 1.82) is 0 Å². The Balaban J connectivity index is 1.75. The van der Waals surface area contributed by atoms with Gasteiger partial charge in [-0.15, -0.1) is 5.23 Å². The number of nitrogens with one attached hydrogen (secondary N) is 1. The van der Waals surface area contributed by atoms with Gasteiger partial charge in [-0.25, -0.2) is 5.43 Å². The summed E-state index contributed by atoms with van der Waals surface area (Å²) >= 11 is 0. The first-order chi connectivity index (χ1) is 15.9. The minimum atomic E-state index is -0.597. The minimum Gasteiger partial charge on any atom is -0.871 e. The number of para-hydroxylation sites is 2. The number of pyridine rings is 1. The quantitative estimate of drug-likeness (QED) is 0.321. The van der Waals surface area contributed by atoms with Gasteiger partial charge in [0.25, 0.3) is 11.5 Å². The molecule has 0 saturated heterocycles. The van der Waals surface area contributed by atoms with Crippen LogP contribution in [0.4, 0.5) is 5.69 Å². The first-order valence-corrected chi connectivity index (χ1v) is 9.91. The topological polar surface area (TPSA) is 130 Å². The fourth-order valence-corrected chi connectivity index (χ4v) is 3.47. The second-order valence-electron chi connectivity index (χ2n) is 7.17. The van der Waals surface area contributed by atoms with Crippen molar-refractivity contribution in [2.45, 2.75) is 6.92 Å². The molecule has 4 rings (SSSR count). The molecule has 4 aromatic rings. The predicted octanol–water partition coefficient (Wildman–Crippen LogP) is 2.80. The van der Waals surface area contributed by atoms with Crippen molar-refractivity contribution in [3.63, 3.8) is 0 Å². The number of fused-ring (bicyclic) bond motifs is 1. The van der Waals surface area contributed by atoms with Gasteiger partial charge in [-0.2, -0.15) is 5.10 Å². The standard InChI is InChI=1S/C24H20N4O5/c1-15(25-26-23(30)16-11-13-18(14-12-16)28(32)33)21-22(29)19-9-5-6-10-20(19)27(24(21)31)17-7-3-2-4-8-17/h2-14,29,32-33H,1H3,(H,26,30)/p-1. The summed E-state index contributed by atoms with van der Waals surface area (Å²) in [6, 6.07) is 21.1. The van der Waals surface area contributed by atoms with Crippen molar-refractivity contribution >= 4 is 28.2 Å². The summed E-state index contributed by atoms with van der Waals surface area (Å²) in [7, 11) is 0. The number of benzene rings is 3. The smallest absolute Gasteiger partial charge is 0.271 e. The summed E-state index contributed by atoms with van der Waals surface area (Å²) < 4.78 is 1.45. The number of nitrogens with zero attached hydrogens (tertiary/aromatic N) is 3. The average Bonchev–Trinajstić information content (AvgIpc) is 2.83. The molecule has 0 radical (unpaired) electrons. The molecule has 9 heteroatoms. The molecule has 0 bridgehead atoms. The van der Waals surface area contributed by atoms with Gasteiger partial charge in [0.1, 0.15) is 0 Å². The van der Waals surface area contributed by atoms with Crippen LogP contribution in [0, 0.1) is 0 Å². The lowest BCUT2D eigenvalue weighted by Crippen LogP contribution is -2.29. The molecule has 3 N–H and O–H groups in total. The molecule has 0 aliphatic heterocycles. The number of carbonyl (C=O) groups excluding carboxylic acids is 1. The van der Waals surface area contributed by atoms with E-state index in [2.05, 4.69) is 10.5 Å². The normalized spacial score (nSPS) is 11.4. The van der Waals surface area contributed by atoms with Crippen LogP contribution >= 0.6 is 0 Å². The van der Waals surface area contributed by atoms with Crippen LogP contribution in [0.3, 0.4) is 0 Å². The number of aromatic nitrogens is 1. The van der Waals surface area contributed by atoms with E-state index in [0.29, 0.717) is 16.6 Å². The van der Waals surface area contributed by atoms with Crippen LogP contribution in [0.25, 0.3) is 16.6 Å². The first-order valence-electron chi connectivity index (χ1n) is 9.91. The second-order valence-corrected chi connectivity index (χ2v) is 7.17. The number of anilines is 1. The number of carbonyl (C=O) groups is 1. The van der Waals surface area contributed by atoms with Gasteiger partial charge in [0.05, 0.1) is 22.5 Å². The van der Waals surface area contributed by atoms with Gasteiger partial charge in [-0.05, 0) is 54.8 Å². The largest absolute Gasteiger partial charge is 0.871 e. The molecule has 0 atom stereocenters. The molecule has 0 fully saturated rings.